The molecule has 1 atom stereocenters. The van der Waals surface area contributed by atoms with E-state index < -0.39 is 0 Å². The summed E-state index contributed by atoms with van der Waals surface area (Å²) in [7, 11) is 0. The Hall–Kier alpha value is -1.32. The third-order valence-electron chi connectivity index (χ3n) is 3.47. The van der Waals surface area contributed by atoms with E-state index in [2.05, 4.69) is 28.6 Å². The summed E-state index contributed by atoms with van der Waals surface area (Å²) in [5, 5.41) is 12.4. The highest BCUT2D eigenvalue weighted by molar-refractivity contribution is 5.90. The van der Waals surface area contributed by atoms with E-state index in [4.69, 9.17) is 5.21 Å². The van der Waals surface area contributed by atoms with Crippen molar-refractivity contribution in [1.82, 2.24) is 9.55 Å². The largest absolute Gasteiger partial charge is 0.411 e. The summed E-state index contributed by atoms with van der Waals surface area (Å²) in [6.07, 6.45) is 8.70. The molecule has 15 heavy (non-hydrogen) atoms. The zero-order valence-electron chi connectivity index (χ0n) is 9.22. The molecule has 0 aliphatic heterocycles. The van der Waals surface area contributed by atoms with Crippen LogP contribution in [0.25, 0.3) is 0 Å². The van der Waals surface area contributed by atoms with Gasteiger partial charge in [0.05, 0.1) is 12.0 Å². The molecule has 0 amide bonds. The molecule has 1 fully saturated rings. The van der Waals surface area contributed by atoms with E-state index in [9.17, 15) is 0 Å². The fourth-order valence-corrected chi connectivity index (χ4v) is 2.49. The number of nitrogens with zero attached hydrogens (tertiary/aromatic N) is 3. The van der Waals surface area contributed by atoms with Crippen LogP contribution >= 0.6 is 0 Å². The third kappa shape index (κ3) is 1.64. The van der Waals surface area contributed by atoms with Crippen molar-refractivity contribution in [3.05, 3.63) is 18.7 Å². The lowest BCUT2D eigenvalue weighted by molar-refractivity contribution is 0.238. The molecule has 1 heterocycles. The molecule has 2 rings (SSSR count). The second-order valence-electron chi connectivity index (χ2n) is 4.69. The monoisotopic (exact) mass is 207 g/mol. The van der Waals surface area contributed by atoms with Gasteiger partial charge in [0.1, 0.15) is 0 Å². The Morgan fingerprint density at radius 3 is 3.00 bits per heavy atom. The molecule has 4 nitrogen and oxygen atoms in total. The summed E-state index contributed by atoms with van der Waals surface area (Å²) >= 11 is 0. The molecule has 0 saturated heterocycles. The smallest absolute Gasteiger partial charge is 0.0948 e. The quantitative estimate of drug-likeness (QED) is 0.568. The van der Waals surface area contributed by atoms with Crippen molar-refractivity contribution in [2.75, 3.05) is 0 Å². The van der Waals surface area contributed by atoms with Gasteiger partial charge in [0.15, 0.2) is 0 Å². The zero-order valence-corrected chi connectivity index (χ0v) is 9.22. The summed E-state index contributed by atoms with van der Waals surface area (Å²) in [5.74, 6) is 0. The van der Waals surface area contributed by atoms with Crippen LogP contribution in [0.1, 0.15) is 39.2 Å². The molecule has 1 aromatic rings. The van der Waals surface area contributed by atoms with Gasteiger partial charge >= 0.3 is 0 Å². The van der Waals surface area contributed by atoms with Crippen LogP contribution < -0.4 is 0 Å². The number of rotatable bonds is 1. The maximum absolute atomic E-state index is 9.01. The van der Waals surface area contributed by atoms with Crippen molar-refractivity contribution < 1.29 is 5.21 Å². The SMILES string of the molecule is CC1(C)/C(=N/O)CCCC1n1ccnc1. The molecule has 1 aliphatic rings. The van der Waals surface area contributed by atoms with Gasteiger partial charge in [0.2, 0.25) is 0 Å². The van der Waals surface area contributed by atoms with Crippen molar-refractivity contribution in [2.24, 2.45) is 10.6 Å². The standard InChI is InChI=1S/C11H17N3O/c1-11(2)9(13-15)4-3-5-10(11)14-7-6-12-8-14/h6-8,10,15H,3-5H2,1-2H3/b13-9+. The van der Waals surface area contributed by atoms with Crippen LogP contribution in [0.15, 0.2) is 23.9 Å². The van der Waals surface area contributed by atoms with Gasteiger partial charge in [-0.3, -0.25) is 0 Å². The van der Waals surface area contributed by atoms with E-state index in [-0.39, 0.29) is 5.41 Å². The normalized spacial score (nSPS) is 28.1. The van der Waals surface area contributed by atoms with E-state index in [0.717, 1.165) is 25.0 Å². The molecule has 0 bridgehead atoms. The molecular formula is C11H17N3O. The molecule has 1 unspecified atom stereocenters. The highest BCUT2D eigenvalue weighted by Crippen LogP contribution is 2.41. The van der Waals surface area contributed by atoms with Crippen LogP contribution in [0.3, 0.4) is 0 Å². The summed E-state index contributed by atoms with van der Waals surface area (Å²) in [5.41, 5.74) is 0.806. The minimum atomic E-state index is -0.0896. The van der Waals surface area contributed by atoms with Crippen molar-refractivity contribution >= 4 is 5.71 Å². The maximum Gasteiger partial charge on any atom is 0.0948 e. The topological polar surface area (TPSA) is 50.4 Å². The van der Waals surface area contributed by atoms with Gasteiger partial charge < -0.3 is 9.77 Å². The first-order valence-electron chi connectivity index (χ1n) is 5.35. The average Bonchev–Trinajstić information content (AvgIpc) is 2.69. The van der Waals surface area contributed by atoms with Gasteiger partial charge in [0, 0.05) is 23.9 Å². The highest BCUT2D eigenvalue weighted by Gasteiger charge is 2.38. The van der Waals surface area contributed by atoms with Gasteiger partial charge in [-0.05, 0) is 19.3 Å². The molecule has 0 spiro atoms. The third-order valence-corrected chi connectivity index (χ3v) is 3.47. The van der Waals surface area contributed by atoms with Crippen LogP contribution in [-0.4, -0.2) is 20.5 Å². The summed E-state index contributed by atoms with van der Waals surface area (Å²) in [4.78, 5) is 4.07. The number of hydrogen-bond acceptors (Lipinski definition) is 3. The van der Waals surface area contributed by atoms with Gasteiger partial charge in [-0.2, -0.15) is 0 Å². The van der Waals surface area contributed by atoms with Crippen LogP contribution in [0, 0.1) is 5.41 Å². The van der Waals surface area contributed by atoms with Gasteiger partial charge in [-0.15, -0.1) is 0 Å². The van der Waals surface area contributed by atoms with Crippen molar-refractivity contribution in [3.63, 3.8) is 0 Å². The molecule has 4 heteroatoms. The number of aromatic nitrogens is 2. The van der Waals surface area contributed by atoms with Gasteiger partial charge in [0.25, 0.3) is 0 Å². The lowest BCUT2D eigenvalue weighted by Gasteiger charge is -2.39. The minimum absolute atomic E-state index is 0.0896. The predicted octanol–water partition coefficient (Wildman–Crippen LogP) is 2.46. The van der Waals surface area contributed by atoms with E-state index in [1.807, 2.05) is 12.5 Å². The average molecular weight is 207 g/mol. The number of hydrogen-bond donors (Lipinski definition) is 1. The highest BCUT2D eigenvalue weighted by atomic mass is 16.4. The lowest BCUT2D eigenvalue weighted by Crippen LogP contribution is -2.38. The fourth-order valence-electron chi connectivity index (χ4n) is 2.49. The first kappa shape index (κ1) is 10.2. The Balaban J connectivity index is 2.33. The van der Waals surface area contributed by atoms with E-state index in [1.165, 1.54) is 0 Å². The van der Waals surface area contributed by atoms with Crippen molar-refractivity contribution in [1.29, 1.82) is 0 Å². The molecule has 82 valence electrons. The second-order valence-corrected chi connectivity index (χ2v) is 4.69. The first-order chi connectivity index (χ1) is 7.16. The summed E-state index contributed by atoms with van der Waals surface area (Å²) in [6.45, 7) is 4.26. The minimum Gasteiger partial charge on any atom is -0.411 e. The molecule has 1 aromatic heterocycles. The Bertz CT molecular complexity index is 354. The van der Waals surface area contributed by atoms with Crippen molar-refractivity contribution in [3.8, 4) is 0 Å². The number of oxime groups is 1. The maximum atomic E-state index is 9.01. The molecule has 0 radical (unpaired) electrons. The van der Waals surface area contributed by atoms with Gasteiger partial charge in [-0.25, -0.2) is 4.98 Å². The lowest BCUT2D eigenvalue weighted by atomic mass is 9.71. The Morgan fingerprint density at radius 1 is 1.60 bits per heavy atom. The molecule has 1 N–H and O–H groups in total. The first-order valence-corrected chi connectivity index (χ1v) is 5.35. The van der Waals surface area contributed by atoms with Crippen molar-refractivity contribution in [2.45, 2.75) is 39.2 Å². The van der Waals surface area contributed by atoms with Gasteiger partial charge in [-0.1, -0.05) is 19.0 Å². The zero-order chi connectivity index (χ0) is 10.9. The van der Waals surface area contributed by atoms with Crippen LogP contribution in [0.4, 0.5) is 0 Å². The molecule has 1 aliphatic carbocycles. The van der Waals surface area contributed by atoms with E-state index in [1.54, 1.807) is 6.20 Å². The fraction of sp³-hybridized carbons (Fsp3) is 0.636. The Kier molecular flexibility index (Phi) is 2.50. The molecule has 1 saturated carbocycles. The summed E-state index contributed by atoms with van der Waals surface area (Å²) in [6, 6.07) is 0.347. The Labute approximate surface area is 89.6 Å². The van der Waals surface area contributed by atoms with Crippen LogP contribution in [0.2, 0.25) is 0 Å². The number of imidazole rings is 1. The Morgan fingerprint density at radius 2 is 2.40 bits per heavy atom. The second kappa shape index (κ2) is 3.68. The van der Waals surface area contributed by atoms with Crippen LogP contribution in [-0.2, 0) is 0 Å². The molecule has 0 aromatic carbocycles. The van der Waals surface area contributed by atoms with Crippen LogP contribution in [0.5, 0.6) is 0 Å². The molecular weight excluding hydrogens is 190 g/mol. The summed E-state index contributed by atoms with van der Waals surface area (Å²) < 4.78 is 2.12. The van der Waals surface area contributed by atoms with E-state index >= 15 is 0 Å². The predicted molar refractivity (Wildman–Crippen MR) is 58.1 cm³/mol. The van der Waals surface area contributed by atoms with E-state index in [0.29, 0.717) is 6.04 Å².